The van der Waals surface area contributed by atoms with Gasteiger partial charge in [0.1, 0.15) is 24.8 Å². The van der Waals surface area contributed by atoms with E-state index in [4.69, 9.17) is 4.74 Å². The molecule has 2 aromatic carbocycles. The fraction of sp³-hybridized carbons (Fsp3) is 0.400. The predicted molar refractivity (Wildman–Crippen MR) is 127 cm³/mol. The fourth-order valence-electron chi connectivity index (χ4n) is 4.00. The Hall–Kier alpha value is -3.37. The van der Waals surface area contributed by atoms with Crippen LogP contribution in [0, 0.1) is 0 Å². The molecule has 1 aromatic heterocycles. The van der Waals surface area contributed by atoms with Crippen molar-refractivity contribution in [3.63, 3.8) is 0 Å². The highest BCUT2D eigenvalue weighted by molar-refractivity contribution is 6.03. The van der Waals surface area contributed by atoms with E-state index in [-0.39, 0.29) is 17.3 Å². The second kappa shape index (κ2) is 10.1. The zero-order valence-corrected chi connectivity index (χ0v) is 19.8. The zero-order chi connectivity index (χ0) is 25.2. The van der Waals surface area contributed by atoms with Crippen molar-refractivity contribution >= 4 is 22.6 Å². The van der Waals surface area contributed by atoms with Gasteiger partial charge in [0.15, 0.2) is 5.82 Å². The van der Waals surface area contributed by atoms with Gasteiger partial charge in [-0.3, -0.25) is 4.79 Å². The number of fused-ring (bicyclic) bond motifs is 1. The first-order chi connectivity index (χ1) is 16.8. The second-order valence-corrected chi connectivity index (χ2v) is 8.49. The monoisotopic (exact) mass is 486 g/mol. The van der Waals surface area contributed by atoms with Crippen LogP contribution in [-0.4, -0.2) is 59.8 Å². The lowest BCUT2D eigenvalue weighted by atomic mass is 10.0. The number of likely N-dealkylation sites (tertiary alicyclic amines) is 1. The highest BCUT2D eigenvalue weighted by atomic mass is 19.3. The van der Waals surface area contributed by atoms with Crippen molar-refractivity contribution in [2.45, 2.75) is 31.9 Å². The number of alkyl halides is 2. The lowest BCUT2D eigenvalue weighted by Gasteiger charge is -2.31. The summed E-state index contributed by atoms with van der Waals surface area (Å²) in [6.07, 6.45) is 0.956. The molecule has 0 bridgehead atoms. The van der Waals surface area contributed by atoms with Crippen LogP contribution >= 0.6 is 0 Å². The van der Waals surface area contributed by atoms with Crippen molar-refractivity contribution < 1.29 is 28.2 Å². The summed E-state index contributed by atoms with van der Waals surface area (Å²) in [6.45, 7) is 2.08. The van der Waals surface area contributed by atoms with Crippen LogP contribution in [0.15, 0.2) is 36.4 Å². The molecule has 186 valence electrons. The summed E-state index contributed by atoms with van der Waals surface area (Å²) in [5.74, 6) is -2.34. The van der Waals surface area contributed by atoms with Gasteiger partial charge in [-0.25, -0.2) is 9.97 Å². The first-order valence-electron chi connectivity index (χ1n) is 11.3. The summed E-state index contributed by atoms with van der Waals surface area (Å²) in [7, 11) is 2.71. The normalized spacial score (nSPS) is 14.5. The Bertz CT molecular complexity index is 1230. The smallest absolute Gasteiger partial charge is 0.296 e. The van der Waals surface area contributed by atoms with Crippen LogP contribution in [0.3, 0.4) is 0 Å². The summed E-state index contributed by atoms with van der Waals surface area (Å²) in [5.41, 5.74) is 1.33. The van der Waals surface area contributed by atoms with Crippen molar-refractivity contribution in [3.8, 4) is 5.75 Å². The number of ether oxygens (including phenoxy) is 2. The molecule has 0 saturated carbocycles. The number of nitrogens with zero attached hydrogens (tertiary/aromatic N) is 3. The molecule has 1 amide bonds. The molecule has 35 heavy (non-hydrogen) atoms. The number of aliphatic hydroxyl groups is 1. The van der Waals surface area contributed by atoms with E-state index < -0.39 is 25.2 Å². The number of benzene rings is 2. The van der Waals surface area contributed by atoms with Gasteiger partial charge in [-0.2, -0.15) is 8.78 Å². The number of anilines is 1. The Balaban J connectivity index is 1.73. The van der Waals surface area contributed by atoms with Crippen LogP contribution in [0.4, 0.5) is 14.6 Å². The molecule has 2 N–H and O–H groups in total. The number of aliphatic hydroxyl groups excluding tert-OH is 1. The minimum atomic E-state index is -3.13. The van der Waals surface area contributed by atoms with Gasteiger partial charge < -0.3 is 24.8 Å². The highest BCUT2D eigenvalue weighted by Gasteiger charge is 2.32. The summed E-state index contributed by atoms with van der Waals surface area (Å²) >= 11 is 0. The van der Waals surface area contributed by atoms with Crippen molar-refractivity contribution in [2.24, 2.45) is 0 Å². The number of carbonyl (C=O) groups excluding carboxylic acids is 1. The molecule has 1 fully saturated rings. The van der Waals surface area contributed by atoms with Crippen LogP contribution in [0.2, 0.25) is 0 Å². The Morgan fingerprint density at radius 3 is 2.63 bits per heavy atom. The molecule has 10 heteroatoms. The average molecular weight is 487 g/mol. The number of nitrogens with one attached hydrogen (secondary N) is 1. The predicted octanol–water partition coefficient (Wildman–Crippen LogP) is 3.89. The van der Waals surface area contributed by atoms with E-state index in [1.165, 1.54) is 26.4 Å². The number of amides is 1. The summed E-state index contributed by atoms with van der Waals surface area (Å²) < 4.78 is 38.9. The van der Waals surface area contributed by atoms with Crippen LogP contribution in [0.5, 0.6) is 5.75 Å². The third-order valence-electron chi connectivity index (χ3n) is 6.07. The van der Waals surface area contributed by atoms with Gasteiger partial charge in [-0.15, -0.1) is 0 Å². The van der Waals surface area contributed by atoms with E-state index in [0.717, 1.165) is 6.42 Å². The second-order valence-electron chi connectivity index (χ2n) is 8.49. The van der Waals surface area contributed by atoms with Gasteiger partial charge in [0.25, 0.3) is 11.8 Å². The third-order valence-corrected chi connectivity index (χ3v) is 6.07. The Kier molecular flexibility index (Phi) is 7.13. The molecular weight excluding hydrogens is 458 g/mol. The number of carbonyl (C=O) groups is 1. The number of aromatic nitrogens is 2. The minimum absolute atomic E-state index is 0.145. The average Bonchev–Trinajstić information content (AvgIpc) is 2.81. The van der Waals surface area contributed by atoms with E-state index in [0.29, 0.717) is 46.7 Å². The van der Waals surface area contributed by atoms with E-state index in [9.17, 15) is 18.7 Å². The number of rotatable bonds is 9. The number of halogens is 2. The SMILES string of the molecule is COCC(F)(F)c1cccc([C@@H](C)Nc2nc(CO)nc3cc(OC)c(C(=O)N4CCC4)cc23)c1. The minimum Gasteiger partial charge on any atom is -0.496 e. The van der Waals surface area contributed by atoms with Crippen LogP contribution < -0.4 is 10.1 Å². The standard InChI is InChI=1S/C25H28F2N4O4/c1-15(16-6-4-7-17(10-16)25(26,27)14-34-2)28-23-18-11-19(24(33)31-8-5-9-31)21(35-3)12-20(18)29-22(13-32)30-23/h4,6-7,10-12,15,32H,5,8-9,13-14H2,1-3H3,(H,28,29,30)/t15-/m1/s1. The molecule has 1 aliphatic heterocycles. The first kappa shape index (κ1) is 24.7. The summed E-state index contributed by atoms with van der Waals surface area (Å²) in [5, 5.41) is 13.5. The van der Waals surface area contributed by atoms with Gasteiger partial charge in [-0.05, 0) is 31.0 Å². The van der Waals surface area contributed by atoms with Crippen molar-refractivity contribution in [1.82, 2.24) is 14.9 Å². The highest BCUT2D eigenvalue weighted by Crippen LogP contribution is 2.34. The number of hydrogen-bond acceptors (Lipinski definition) is 7. The van der Waals surface area contributed by atoms with Gasteiger partial charge in [-0.1, -0.05) is 18.2 Å². The van der Waals surface area contributed by atoms with Gasteiger partial charge in [0.2, 0.25) is 0 Å². The van der Waals surface area contributed by atoms with E-state index >= 15 is 0 Å². The summed E-state index contributed by atoms with van der Waals surface area (Å²) in [4.78, 5) is 23.5. The molecule has 3 aromatic rings. The molecular formula is C25H28F2N4O4. The molecule has 1 atom stereocenters. The molecule has 4 rings (SSSR count). The Morgan fingerprint density at radius 2 is 2.00 bits per heavy atom. The quantitative estimate of drug-likeness (QED) is 0.474. The van der Waals surface area contributed by atoms with E-state index in [1.807, 2.05) is 6.92 Å². The van der Waals surface area contributed by atoms with Crippen LogP contribution in [0.1, 0.15) is 46.7 Å². The van der Waals surface area contributed by atoms with Gasteiger partial charge >= 0.3 is 0 Å². The molecule has 0 spiro atoms. The number of methoxy groups -OCH3 is 2. The molecule has 1 aliphatic rings. The van der Waals surface area contributed by atoms with E-state index in [2.05, 4.69) is 20.0 Å². The van der Waals surface area contributed by atoms with Crippen molar-refractivity contribution in [3.05, 3.63) is 58.9 Å². The number of hydrogen-bond donors (Lipinski definition) is 2. The molecule has 0 radical (unpaired) electrons. The van der Waals surface area contributed by atoms with Gasteiger partial charge in [0.05, 0.1) is 18.2 Å². The lowest BCUT2D eigenvalue weighted by Crippen LogP contribution is -2.42. The maximum atomic E-state index is 14.4. The van der Waals surface area contributed by atoms with Gasteiger partial charge in [0, 0.05) is 43.3 Å². The fourth-order valence-corrected chi connectivity index (χ4v) is 4.00. The molecule has 8 nitrogen and oxygen atoms in total. The maximum Gasteiger partial charge on any atom is 0.296 e. The Labute approximate surface area is 201 Å². The van der Waals surface area contributed by atoms with E-state index in [1.54, 1.807) is 29.2 Å². The van der Waals surface area contributed by atoms with Crippen molar-refractivity contribution in [1.29, 1.82) is 0 Å². The third kappa shape index (κ3) is 5.03. The Morgan fingerprint density at radius 1 is 1.23 bits per heavy atom. The first-order valence-corrected chi connectivity index (χ1v) is 11.3. The van der Waals surface area contributed by atoms with Crippen LogP contribution in [-0.2, 0) is 17.3 Å². The van der Waals surface area contributed by atoms with Crippen LogP contribution in [0.25, 0.3) is 10.9 Å². The molecule has 2 heterocycles. The topological polar surface area (TPSA) is 96.8 Å². The maximum absolute atomic E-state index is 14.4. The molecule has 0 aliphatic carbocycles. The van der Waals surface area contributed by atoms with Crippen molar-refractivity contribution in [2.75, 3.05) is 39.2 Å². The zero-order valence-electron chi connectivity index (χ0n) is 19.8. The molecule has 1 saturated heterocycles. The largest absolute Gasteiger partial charge is 0.496 e. The summed E-state index contributed by atoms with van der Waals surface area (Å²) in [6, 6.07) is 8.99. The molecule has 0 unspecified atom stereocenters. The lowest BCUT2D eigenvalue weighted by molar-refractivity contribution is -0.0698.